The molecule has 0 radical (unpaired) electrons. The van der Waals surface area contributed by atoms with Crippen LogP contribution in [-0.2, 0) is 25.4 Å². The number of aryl methyl sites for hydroxylation is 1. The normalized spacial score (nSPS) is 12.4. The highest BCUT2D eigenvalue weighted by Crippen LogP contribution is 2.32. The molecule has 0 saturated heterocycles. The van der Waals surface area contributed by atoms with Crippen molar-refractivity contribution in [3.63, 3.8) is 0 Å². The molecule has 4 rings (SSSR count). The van der Waals surface area contributed by atoms with Crippen molar-refractivity contribution in [3.8, 4) is 11.5 Å². The molecular weight excluding hydrogens is 352 g/mol. The van der Waals surface area contributed by atoms with Gasteiger partial charge < -0.3 is 14.2 Å². The van der Waals surface area contributed by atoms with E-state index < -0.39 is 17.2 Å². The van der Waals surface area contributed by atoms with Gasteiger partial charge in [-0.1, -0.05) is 6.07 Å². The molecule has 3 aromatic rings. The fourth-order valence-electron chi connectivity index (χ4n) is 2.99. The highest BCUT2D eigenvalue weighted by Gasteiger charge is 2.16. The lowest BCUT2D eigenvalue weighted by Crippen LogP contribution is -2.37. The first-order valence-corrected chi connectivity index (χ1v) is 8.21. The van der Waals surface area contributed by atoms with Crippen LogP contribution < -0.4 is 20.7 Å². The van der Waals surface area contributed by atoms with Crippen molar-refractivity contribution < 1.29 is 19.0 Å². The Morgan fingerprint density at radius 2 is 1.81 bits per heavy atom. The lowest BCUT2D eigenvalue weighted by molar-refractivity contribution is 0.0472. The molecule has 0 aliphatic carbocycles. The predicted molar refractivity (Wildman–Crippen MR) is 96.1 cm³/mol. The van der Waals surface area contributed by atoms with E-state index in [1.807, 2.05) is 0 Å². The number of rotatable bonds is 3. The molecule has 1 aliphatic rings. The topological polar surface area (TPSA) is 88.8 Å². The second-order valence-electron chi connectivity index (χ2n) is 6.20. The Hall–Kier alpha value is -3.55. The van der Waals surface area contributed by atoms with Gasteiger partial charge >= 0.3 is 11.7 Å². The smallest absolute Gasteiger partial charge is 0.338 e. The Labute approximate surface area is 153 Å². The van der Waals surface area contributed by atoms with Crippen molar-refractivity contribution in [2.45, 2.75) is 6.61 Å². The Kier molecular flexibility index (Phi) is 3.95. The van der Waals surface area contributed by atoms with Crippen molar-refractivity contribution in [2.75, 3.05) is 6.79 Å². The number of esters is 1. The zero-order chi connectivity index (χ0) is 19.1. The van der Waals surface area contributed by atoms with E-state index in [1.165, 1.54) is 23.7 Å². The number of aromatic nitrogens is 2. The predicted octanol–water partition coefficient (Wildman–Crippen LogP) is 1.32. The van der Waals surface area contributed by atoms with Crippen molar-refractivity contribution in [2.24, 2.45) is 14.1 Å². The zero-order valence-electron chi connectivity index (χ0n) is 14.7. The third-order valence-electron chi connectivity index (χ3n) is 4.51. The minimum Gasteiger partial charge on any atom is -0.457 e. The minimum absolute atomic E-state index is 0.0544. The van der Waals surface area contributed by atoms with Gasteiger partial charge in [-0.2, -0.15) is 0 Å². The molecule has 138 valence electrons. The second-order valence-corrected chi connectivity index (χ2v) is 6.20. The number of hydrogen-bond acceptors (Lipinski definition) is 6. The highest BCUT2D eigenvalue weighted by atomic mass is 16.7. The van der Waals surface area contributed by atoms with Gasteiger partial charge in [0.15, 0.2) is 11.5 Å². The number of benzene rings is 2. The standard InChI is InChI=1S/C19H16N2O6/c1-20-14-5-4-12(8-13(14)17(22)21(2)19(20)24)18(23)25-9-11-3-6-15-16(7-11)27-10-26-15/h3-8H,9-10H2,1-2H3. The van der Waals surface area contributed by atoms with Gasteiger partial charge in [-0.15, -0.1) is 0 Å². The highest BCUT2D eigenvalue weighted by molar-refractivity contribution is 5.94. The van der Waals surface area contributed by atoms with E-state index in [0.717, 1.165) is 10.1 Å². The maximum atomic E-state index is 12.4. The minimum atomic E-state index is -0.564. The first-order valence-electron chi connectivity index (χ1n) is 8.21. The molecule has 0 amide bonds. The molecular formula is C19H16N2O6. The summed E-state index contributed by atoms with van der Waals surface area (Å²) in [5, 5.41) is 0.275. The second kappa shape index (κ2) is 6.31. The first-order chi connectivity index (χ1) is 13.0. The molecule has 27 heavy (non-hydrogen) atoms. The summed E-state index contributed by atoms with van der Waals surface area (Å²) in [6.45, 7) is 0.228. The monoisotopic (exact) mass is 368 g/mol. The summed E-state index contributed by atoms with van der Waals surface area (Å²) in [5.41, 5.74) is 0.560. The lowest BCUT2D eigenvalue weighted by atomic mass is 10.1. The summed E-state index contributed by atoms with van der Waals surface area (Å²) in [6, 6.07) is 9.83. The fraction of sp³-hybridized carbons (Fsp3) is 0.211. The zero-order valence-corrected chi connectivity index (χ0v) is 14.7. The molecule has 0 N–H and O–H groups in total. The molecule has 0 atom stereocenters. The first kappa shape index (κ1) is 16.9. The van der Waals surface area contributed by atoms with Crippen LogP contribution in [0.5, 0.6) is 11.5 Å². The van der Waals surface area contributed by atoms with E-state index in [1.54, 1.807) is 31.3 Å². The van der Waals surface area contributed by atoms with Crippen molar-refractivity contribution >= 4 is 16.9 Å². The molecule has 0 unspecified atom stereocenters. The molecule has 0 saturated carbocycles. The van der Waals surface area contributed by atoms with E-state index >= 15 is 0 Å². The average molecular weight is 368 g/mol. The van der Waals surface area contributed by atoms with Crippen molar-refractivity contribution in [1.29, 1.82) is 0 Å². The molecule has 2 aromatic carbocycles. The van der Waals surface area contributed by atoms with E-state index in [9.17, 15) is 14.4 Å². The van der Waals surface area contributed by atoms with Crippen LogP contribution in [0, 0.1) is 0 Å². The Morgan fingerprint density at radius 1 is 1.04 bits per heavy atom. The van der Waals surface area contributed by atoms with Crippen LogP contribution in [0.2, 0.25) is 0 Å². The van der Waals surface area contributed by atoms with Crippen LogP contribution in [0.25, 0.3) is 10.9 Å². The fourth-order valence-corrected chi connectivity index (χ4v) is 2.99. The van der Waals surface area contributed by atoms with Crippen LogP contribution in [0.1, 0.15) is 15.9 Å². The Morgan fingerprint density at radius 3 is 2.63 bits per heavy atom. The van der Waals surface area contributed by atoms with Crippen molar-refractivity contribution in [1.82, 2.24) is 9.13 Å². The number of nitrogens with zero attached hydrogens (tertiary/aromatic N) is 2. The summed E-state index contributed by atoms with van der Waals surface area (Å²) >= 11 is 0. The van der Waals surface area contributed by atoms with Gasteiger partial charge in [-0.25, -0.2) is 9.59 Å². The third kappa shape index (κ3) is 2.84. The SMILES string of the molecule is Cn1c(=O)c2cc(C(=O)OCc3ccc4c(c3)OCO4)ccc2n(C)c1=O. The summed E-state index contributed by atoms with van der Waals surface area (Å²) in [6.07, 6.45) is 0. The molecule has 0 bridgehead atoms. The van der Waals surface area contributed by atoms with Gasteiger partial charge in [0.1, 0.15) is 6.61 Å². The van der Waals surface area contributed by atoms with Crippen molar-refractivity contribution in [3.05, 3.63) is 68.4 Å². The third-order valence-corrected chi connectivity index (χ3v) is 4.51. The summed E-state index contributed by atoms with van der Waals surface area (Å²) < 4.78 is 18.2. The number of hydrogen-bond donors (Lipinski definition) is 0. The number of fused-ring (bicyclic) bond motifs is 2. The van der Waals surface area contributed by atoms with E-state index in [-0.39, 0.29) is 24.3 Å². The van der Waals surface area contributed by atoms with E-state index in [4.69, 9.17) is 14.2 Å². The molecule has 1 aromatic heterocycles. The number of carbonyl (C=O) groups is 1. The molecule has 0 spiro atoms. The molecule has 8 heteroatoms. The quantitative estimate of drug-likeness (QED) is 0.648. The molecule has 0 fully saturated rings. The van der Waals surface area contributed by atoms with Crippen LogP contribution in [0.15, 0.2) is 46.0 Å². The van der Waals surface area contributed by atoms with E-state index in [2.05, 4.69) is 0 Å². The summed E-state index contributed by atoms with van der Waals surface area (Å²) in [4.78, 5) is 36.7. The number of carbonyl (C=O) groups excluding carboxylic acids is 1. The van der Waals surface area contributed by atoms with Crippen LogP contribution in [0.3, 0.4) is 0 Å². The van der Waals surface area contributed by atoms with Crippen LogP contribution >= 0.6 is 0 Å². The average Bonchev–Trinajstić information content (AvgIpc) is 3.16. The van der Waals surface area contributed by atoms with Crippen LogP contribution in [0.4, 0.5) is 0 Å². The van der Waals surface area contributed by atoms with Crippen LogP contribution in [-0.4, -0.2) is 21.9 Å². The summed E-state index contributed by atoms with van der Waals surface area (Å²) in [5.74, 6) is 0.699. The van der Waals surface area contributed by atoms with Gasteiger partial charge in [0.2, 0.25) is 6.79 Å². The maximum absolute atomic E-state index is 12.4. The summed E-state index contributed by atoms with van der Waals surface area (Å²) in [7, 11) is 2.97. The maximum Gasteiger partial charge on any atom is 0.338 e. The molecule has 1 aliphatic heterocycles. The van der Waals surface area contributed by atoms with Gasteiger partial charge in [-0.05, 0) is 35.9 Å². The molecule has 8 nitrogen and oxygen atoms in total. The van der Waals surface area contributed by atoms with Gasteiger partial charge in [0, 0.05) is 14.1 Å². The number of ether oxygens (including phenoxy) is 3. The van der Waals surface area contributed by atoms with Gasteiger partial charge in [-0.3, -0.25) is 13.9 Å². The van der Waals surface area contributed by atoms with Gasteiger partial charge in [0.25, 0.3) is 5.56 Å². The lowest BCUT2D eigenvalue weighted by Gasteiger charge is -2.09. The Balaban J connectivity index is 1.59. The largest absolute Gasteiger partial charge is 0.457 e. The Bertz CT molecular complexity index is 1190. The van der Waals surface area contributed by atoms with Gasteiger partial charge in [0.05, 0.1) is 16.5 Å². The van der Waals surface area contributed by atoms with E-state index in [0.29, 0.717) is 17.0 Å². The molecule has 2 heterocycles.